The Morgan fingerprint density at radius 3 is 2.47 bits per heavy atom. The molecule has 0 spiro atoms. The fourth-order valence-corrected chi connectivity index (χ4v) is 1.58. The van der Waals surface area contributed by atoms with Crippen molar-refractivity contribution in [2.75, 3.05) is 17.6 Å². The molecular weight excluding hydrogens is 212 g/mol. The number of benzene rings is 1. The molecule has 84 valence electrons. The Balaban J connectivity index is 2.55. The van der Waals surface area contributed by atoms with Gasteiger partial charge in [0, 0.05) is 12.2 Å². The zero-order valence-electron chi connectivity index (χ0n) is 8.95. The van der Waals surface area contributed by atoms with Crippen molar-refractivity contribution < 1.29 is 8.42 Å². The Morgan fingerprint density at radius 1 is 1.27 bits per heavy atom. The van der Waals surface area contributed by atoms with Gasteiger partial charge >= 0.3 is 0 Å². The lowest BCUT2D eigenvalue weighted by molar-refractivity contribution is 0.598. The van der Waals surface area contributed by atoms with Gasteiger partial charge < -0.3 is 5.32 Å². The second-order valence-corrected chi connectivity index (χ2v) is 5.33. The van der Waals surface area contributed by atoms with Crippen LogP contribution in [0.2, 0.25) is 0 Å². The molecule has 0 aliphatic rings. The SMILES string of the molecule is Cc1ccc(NCCS(N)(=O)=O)cc1C. The van der Waals surface area contributed by atoms with Crippen LogP contribution in [0.3, 0.4) is 0 Å². The third-order valence-electron chi connectivity index (χ3n) is 2.22. The van der Waals surface area contributed by atoms with Crippen molar-refractivity contribution in [3.05, 3.63) is 29.3 Å². The van der Waals surface area contributed by atoms with E-state index in [1.54, 1.807) is 0 Å². The molecule has 15 heavy (non-hydrogen) atoms. The number of hydrogen-bond donors (Lipinski definition) is 2. The largest absolute Gasteiger partial charge is 0.384 e. The molecule has 0 radical (unpaired) electrons. The number of primary sulfonamides is 1. The number of hydrogen-bond acceptors (Lipinski definition) is 3. The predicted molar refractivity (Wildman–Crippen MR) is 62.4 cm³/mol. The Labute approximate surface area is 90.5 Å². The third kappa shape index (κ3) is 4.31. The number of aryl methyl sites for hydroxylation is 2. The van der Waals surface area contributed by atoms with Crippen molar-refractivity contribution in [3.63, 3.8) is 0 Å². The van der Waals surface area contributed by atoms with Gasteiger partial charge in [-0.25, -0.2) is 13.6 Å². The van der Waals surface area contributed by atoms with Gasteiger partial charge in [0.1, 0.15) is 0 Å². The fourth-order valence-electron chi connectivity index (χ4n) is 1.19. The Kier molecular flexibility index (Phi) is 3.71. The van der Waals surface area contributed by atoms with Crippen molar-refractivity contribution >= 4 is 15.7 Å². The maximum atomic E-state index is 10.7. The van der Waals surface area contributed by atoms with Gasteiger partial charge in [0.05, 0.1) is 5.75 Å². The summed E-state index contributed by atoms with van der Waals surface area (Å²) in [6.07, 6.45) is 0. The van der Waals surface area contributed by atoms with E-state index >= 15 is 0 Å². The van der Waals surface area contributed by atoms with Crippen molar-refractivity contribution in [1.82, 2.24) is 0 Å². The average Bonchev–Trinajstić information content (AvgIpc) is 2.09. The first-order valence-electron chi connectivity index (χ1n) is 4.70. The molecule has 1 aromatic rings. The summed E-state index contributed by atoms with van der Waals surface area (Å²) >= 11 is 0. The second-order valence-electron chi connectivity index (χ2n) is 3.59. The Bertz CT molecular complexity index is 441. The summed E-state index contributed by atoms with van der Waals surface area (Å²) in [4.78, 5) is 0. The van der Waals surface area contributed by atoms with Crippen molar-refractivity contribution in [3.8, 4) is 0 Å². The molecule has 0 atom stereocenters. The first-order chi connectivity index (χ1) is 6.88. The van der Waals surface area contributed by atoms with Crippen molar-refractivity contribution in [1.29, 1.82) is 0 Å². The van der Waals surface area contributed by atoms with E-state index in [0.717, 1.165) is 5.69 Å². The van der Waals surface area contributed by atoms with E-state index in [0.29, 0.717) is 6.54 Å². The topological polar surface area (TPSA) is 72.2 Å². The van der Waals surface area contributed by atoms with Crippen molar-refractivity contribution in [2.45, 2.75) is 13.8 Å². The molecule has 4 nitrogen and oxygen atoms in total. The van der Waals surface area contributed by atoms with E-state index in [2.05, 4.69) is 5.32 Å². The molecule has 0 aromatic heterocycles. The molecule has 1 aromatic carbocycles. The summed E-state index contributed by atoms with van der Waals surface area (Å²) in [5.41, 5.74) is 3.31. The van der Waals surface area contributed by atoms with Gasteiger partial charge in [-0.1, -0.05) is 6.07 Å². The molecule has 5 heteroatoms. The highest BCUT2D eigenvalue weighted by Gasteiger charge is 2.01. The maximum absolute atomic E-state index is 10.7. The standard InChI is InChI=1S/C10H16N2O2S/c1-8-3-4-10(7-9(8)2)12-5-6-15(11,13)14/h3-4,7,12H,5-6H2,1-2H3,(H2,11,13,14). The van der Waals surface area contributed by atoms with Gasteiger partial charge in [-0.05, 0) is 37.1 Å². The molecule has 0 saturated carbocycles. The van der Waals surface area contributed by atoms with Crippen LogP contribution in [0.15, 0.2) is 18.2 Å². The normalized spacial score (nSPS) is 11.4. The van der Waals surface area contributed by atoms with E-state index in [9.17, 15) is 8.42 Å². The van der Waals surface area contributed by atoms with Crippen LogP contribution < -0.4 is 10.5 Å². The first kappa shape index (κ1) is 12.0. The van der Waals surface area contributed by atoms with Gasteiger partial charge in [-0.15, -0.1) is 0 Å². The smallest absolute Gasteiger partial charge is 0.210 e. The highest BCUT2D eigenvalue weighted by atomic mass is 32.2. The van der Waals surface area contributed by atoms with Crippen LogP contribution in [-0.4, -0.2) is 20.7 Å². The van der Waals surface area contributed by atoms with Gasteiger partial charge in [-0.2, -0.15) is 0 Å². The summed E-state index contributed by atoms with van der Waals surface area (Å²) in [5.74, 6) is -0.0556. The van der Waals surface area contributed by atoms with Crippen LogP contribution in [0.5, 0.6) is 0 Å². The number of nitrogens with two attached hydrogens (primary N) is 1. The number of sulfonamides is 1. The monoisotopic (exact) mass is 228 g/mol. The second kappa shape index (κ2) is 4.63. The molecule has 0 unspecified atom stereocenters. The number of nitrogens with one attached hydrogen (secondary N) is 1. The highest BCUT2D eigenvalue weighted by molar-refractivity contribution is 7.89. The van der Waals surface area contributed by atoms with Gasteiger partial charge in [-0.3, -0.25) is 0 Å². The molecule has 0 aliphatic carbocycles. The lowest BCUT2D eigenvalue weighted by atomic mass is 10.1. The van der Waals surface area contributed by atoms with E-state index < -0.39 is 10.0 Å². The van der Waals surface area contributed by atoms with Crippen LogP contribution in [0.25, 0.3) is 0 Å². The summed E-state index contributed by atoms with van der Waals surface area (Å²) in [6, 6.07) is 5.90. The van der Waals surface area contributed by atoms with Gasteiger partial charge in [0.15, 0.2) is 0 Å². The molecule has 0 heterocycles. The molecule has 3 N–H and O–H groups in total. The Hall–Kier alpha value is -1.07. The highest BCUT2D eigenvalue weighted by Crippen LogP contribution is 2.13. The third-order valence-corrected chi connectivity index (χ3v) is 3.00. The molecular formula is C10H16N2O2S. The molecule has 0 saturated heterocycles. The zero-order valence-corrected chi connectivity index (χ0v) is 9.76. The van der Waals surface area contributed by atoms with Crippen LogP contribution in [-0.2, 0) is 10.0 Å². The summed E-state index contributed by atoms with van der Waals surface area (Å²) in [6.45, 7) is 4.38. The molecule has 1 rings (SSSR count). The zero-order chi connectivity index (χ0) is 11.5. The molecule has 0 aliphatic heterocycles. The predicted octanol–water partition coefficient (Wildman–Crippen LogP) is 1.00. The minimum Gasteiger partial charge on any atom is -0.384 e. The van der Waals surface area contributed by atoms with Crippen LogP contribution in [0, 0.1) is 13.8 Å². The average molecular weight is 228 g/mol. The molecule has 0 bridgehead atoms. The summed E-state index contributed by atoms with van der Waals surface area (Å²) in [7, 11) is -3.38. The minimum absolute atomic E-state index is 0.0556. The molecule has 0 amide bonds. The van der Waals surface area contributed by atoms with E-state index in [1.165, 1.54) is 11.1 Å². The van der Waals surface area contributed by atoms with Crippen LogP contribution >= 0.6 is 0 Å². The number of anilines is 1. The van der Waals surface area contributed by atoms with E-state index in [-0.39, 0.29) is 5.75 Å². The quantitative estimate of drug-likeness (QED) is 0.807. The fraction of sp³-hybridized carbons (Fsp3) is 0.400. The van der Waals surface area contributed by atoms with Crippen molar-refractivity contribution in [2.24, 2.45) is 5.14 Å². The van der Waals surface area contributed by atoms with E-state index in [1.807, 2.05) is 32.0 Å². The lowest BCUT2D eigenvalue weighted by Crippen LogP contribution is -2.22. The van der Waals surface area contributed by atoms with Crippen LogP contribution in [0.4, 0.5) is 5.69 Å². The lowest BCUT2D eigenvalue weighted by Gasteiger charge is -2.07. The minimum atomic E-state index is -3.38. The Morgan fingerprint density at radius 2 is 1.93 bits per heavy atom. The maximum Gasteiger partial charge on any atom is 0.210 e. The number of rotatable bonds is 4. The van der Waals surface area contributed by atoms with Crippen LogP contribution in [0.1, 0.15) is 11.1 Å². The first-order valence-corrected chi connectivity index (χ1v) is 6.41. The summed E-state index contributed by atoms with van der Waals surface area (Å²) < 4.78 is 21.4. The summed E-state index contributed by atoms with van der Waals surface area (Å²) in [5, 5.41) is 7.90. The van der Waals surface area contributed by atoms with Gasteiger partial charge in [0.2, 0.25) is 10.0 Å². The van der Waals surface area contributed by atoms with Gasteiger partial charge in [0.25, 0.3) is 0 Å². The van der Waals surface area contributed by atoms with E-state index in [4.69, 9.17) is 5.14 Å². The molecule has 0 fully saturated rings.